The molecule has 1 atom stereocenters. The van der Waals surface area contributed by atoms with Crippen LogP contribution < -0.4 is 15.4 Å². The summed E-state index contributed by atoms with van der Waals surface area (Å²) in [6, 6.07) is 8.82. The second-order valence-corrected chi connectivity index (χ2v) is 8.84. The molecule has 0 aromatic heterocycles. The van der Waals surface area contributed by atoms with Crippen LogP contribution in [0, 0.1) is 0 Å². The van der Waals surface area contributed by atoms with Crippen molar-refractivity contribution in [1.82, 2.24) is 20.4 Å². The quantitative estimate of drug-likeness (QED) is 0.463. The van der Waals surface area contributed by atoms with E-state index in [0.717, 1.165) is 70.5 Å². The van der Waals surface area contributed by atoms with Crippen molar-refractivity contribution < 1.29 is 9.47 Å². The lowest BCUT2D eigenvalue weighted by atomic mass is 9.89. The Morgan fingerprint density at radius 1 is 1.16 bits per heavy atom. The molecule has 2 aliphatic rings. The zero-order valence-corrected chi connectivity index (χ0v) is 19.8. The lowest BCUT2D eigenvalue weighted by Gasteiger charge is -2.41. The highest BCUT2D eigenvalue weighted by atomic mass is 16.5. The third kappa shape index (κ3) is 6.34. The van der Waals surface area contributed by atoms with Gasteiger partial charge in [0, 0.05) is 31.8 Å². The molecule has 0 bridgehead atoms. The van der Waals surface area contributed by atoms with Crippen LogP contribution in [0.4, 0.5) is 0 Å². The van der Waals surface area contributed by atoms with E-state index in [1.165, 1.54) is 18.4 Å². The molecule has 174 valence electrons. The third-order valence-corrected chi connectivity index (χ3v) is 6.79. The molecule has 2 N–H and O–H groups in total. The molecule has 2 aliphatic heterocycles. The molecule has 1 unspecified atom stereocenters. The van der Waals surface area contributed by atoms with Crippen LogP contribution in [0.25, 0.3) is 0 Å². The van der Waals surface area contributed by atoms with Gasteiger partial charge in [-0.15, -0.1) is 0 Å². The summed E-state index contributed by atoms with van der Waals surface area (Å²) in [4.78, 5) is 9.92. The Hall–Kier alpha value is -1.83. The lowest BCUT2D eigenvalue weighted by Crippen LogP contribution is -2.52. The fourth-order valence-electron chi connectivity index (χ4n) is 4.60. The van der Waals surface area contributed by atoms with Crippen LogP contribution in [0.2, 0.25) is 0 Å². The molecule has 2 saturated heterocycles. The number of aliphatic imine (C=N–C) groups is 1. The van der Waals surface area contributed by atoms with Crippen LogP contribution in [0.1, 0.15) is 44.2 Å². The molecule has 7 nitrogen and oxygen atoms in total. The Morgan fingerprint density at radius 3 is 2.42 bits per heavy atom. The molecular formula is C24H41N5O2. The number of ether oxygens (including phenoxy) is 2. The SMILES string of the molecule is CCNC(=NCC1(N(C)C)CCOCC1)NCC(c1ccc(OC)cc1)N1CCCC1. The van der Waals surface area contributed by atoms with E-state index in [0.29, 0.717) is 6.04 Å². The molecule has 0 aliphatic carbocycles. The van der Waals surface area contributed by atoms with E-state index in [1.807, 2.05) is 0 Å². The maximum Gasteiger partial charge on any atom is 0.191 e. The van der Waals surface area contributed by atoms with E-state index in [-0.39, 0.29) is 5.54 Å². The van der Waals surface area contributed by atoms with Gasteiger partial charge in [-0.2, -0.15) is 0 Å². The van der Waals surface area contributed by atoms with E-state index in [1.54, 1.807) is 7.11 Å². The Morgan fingerprint density at radius 2 is 1.84 bits per heavy atom. The number of hydrogen-bond acceptors (Lipinski definition) is 5. The number of benzene rings is 1. The fourth-order valence-corrected chi connectivity index (χ4v) is 4.60. The molecular weight excluding hydrogens is 390 g/mol. The van der Waals surface area contributed by atoms with Crippen molar-refractivity contribution in [3.05, 3.63) is 29.8 Å². The zero-order valence-electron chi connectivity index (χ0n) is 19.8. The highest BCUT2D eigenvalue weighted by Gasteiger charge is 2.34. The minimum Gasteiger partial charge on any atom is -0.497 e. The van der Waals surface area contributed by atoms with Gasteiger partial charge in [0.05, 0.1) is 19.7 Å². The Balaban J connectivity index is 1.70. The van der Waals surface area contributed by atoms with Crippen LogP contribution in [-0.2, 0) is 4.74 Å². The molecule has 2 fully saturated rings. The maximum absolute atomic E-state index is 5.61. The molecule has 0 saturated carbocycles. The number of likely N-dealkylation sites (tertiary alicyclic amines) is 1. The Labute approximate surface area is 188 Å². The number of guanidine groups is 1. The summed E-state index contributed by atoms with van der Waals surface area (Å²) in [5.74, 6) is 1.80. The number of nitrogens with zero attached hydrogens (tertiary/aromatic N) is 3. The predicted molar refractivity (Wildman–Crippen MR) is 127 cm³/mol. The number of rotatable bonds is 9. The summed E-state index contributed by atoms with van der Waals surface area (Å²) in [6.45, 7) is 8.49. The first-order valence-electron chi connectivity index (χ1n) is 11.7. The van der Waals surface area contributed by atoms with Crippen LogP contribution in [0.15, 0.2) is 29.3 Å². The molecule has 0 spiro atoms. The van der Waals surface area contributed by atoms with E-state index in [9.17, 15) is 0 Å². The predicted octanol–water partition coefficient (Wildman–Crippen LogP) is 2.50. The van der Waals surface area contributed by atoms with Crippen molar-refractivity contribution in [2.45, 2.75) is 44.2 Å². The van der Waals surface area contributed by atoms with Crippen LogP contribution in [-0.4, -0.2) is 88.4 Å². The normalized spacial score (nSPS) is 20.6. The average Bonchev–Trinajstić information content (AvgIpc) is 3.33. The second-order valence-electron chi connectivity index (χ2n) is 8.84. The minimum absolute atomic E-state index is 0.0743. The number of likely N-dealkylation sites (N-methyl/N-ethyl adjacent to an activating group) is 1. The van der Waals surface area contributed by atoms with Gasteiger partial charge >= 0.3 is 0 Å². The number of methoxy groups -OCH3 is 1. The van der Waals surface area contributed by atoms with Crippen LogP contribution in [0.3, 0.4) is 0 Å². The van der Waals surface area contributed by atoms with Gasteiger partial charge in [-0.3, -0.25) is 9.89 Å². The molecule has 0 radical (unpaired) electrons. The summed E-state index contributed by atoms with van der Waals surface area (Å²) >= 11 is 0. The first kappa shape index (κ1) is 23.8. The maximum atomic E-state index is 5.61. The monoisotopic (exact) mass is 431 g/mol. The van der Waals surface area contributed by atoms with E-state index < -0.39 is 0 Å². The zero-order chi connectivity index (χ0) is 22.1. The van der Waals surface area contributed by atoms with Gasteiger partial charge in [0.2, 0.25) is 0 Å². The van der Waals surface area contributed by atoms with Gasteiger partial charge in [-0.25, -0.2) is 0 Å². The second kappa shape index (κ2) is 11.7. The van der Waals surface area contributed by atoms with E-state index >= 15 is 0 Å². The van der Waals surface area contributed by atoms with Crippen molar-refractivity contribution in [3.8, 4) is 5.75 Å². The largest absolute Gasteiger partial charge is 0.497 e. The smallest absolute Gasteiger partial charge is 0.191 e. The van der Waals surface area contributed by atoms with Gasteiger partial charge in [-0.1, -0.05) is 12.1 Å². The Kier molecular flexibility index (Phi) is 8.99. The number of nitrogens with one attached hydrogen (secondary N) is 2. The highest BCUT2D eigenvalue weighted by molar-refractivity contribution is 5.79. The summed E-state index contributed by atoms with van der Waals surface area (Å²) in [5.41, 5.74) is 1.39. The first-order chi connectivity index (χ1) is 15.1. The standard InChI is InChI=1S/C24H41N5O2/c1-5-25-23(27-19-24(28(2)3)12-16-31-17-13-24)26-18-22(29-14-6-7-15-29)20-8-10-21(30-4)11-9-20/h8-11,22H,5-7,12-19H2,1-4H3,(H2,25,26,27). The van der Waals surface area contributed by atoms with E-state index in [2.05, 4.69) is 65.7 Å². The van der Waals surface area contributed by atoms with Gasteiger partial charge in [0.25, 0.3) is 0 Å². The Bertz CT molecular complexity index is 680. The fraction of sp³-hybridized carbons (Fsp3) is 0.708. The molecule has 7 heteroatoms. The van der Waals surface area contributed by atoms with Crippen molar-refractivity contribution >= 4 is 5.96 Å². The summed E-state index contributed by atoms with van der Waals surface area (Å²) in [7, 11) is 6.04. The number of hydrogen-bond donors (Lipinski definition) is 2. The van der Waals surface area contributed by atoms with Crippen molar-refractivity contribution in [2.24, 2.45) is 4.99 Å². The minimum atomic E-state index is 0.0743. The molecule has 31 heavy (non-hydrogen) atoms. The van der Waals surface area contributed by atoms with Gasteiger partial charge in [0.1, 0.15) is 5.75 Å². The van der Waals surface area contributed by atoms with Crippen LogP contribution >= 0.6 is 0 Å². The highest BCUT2D eigenvalue weighted by Crippen LogP contribution is 2.27. The van der Waals surface area contributed by atoms with Crippen LogP contribution in [0.5, 0.6) is 5.75 Å². The van der Waals surface area contributed by atoms with Gasteiger partial charge < -0.3 is 25.0 Å². The molecule has 0 amide bonds. The van der Waals surface area contributed by atoms with Crippen molar-refractivity contribution in [1.29, 1.82) is 0 Å². The third-order valence-electron chi connectivity index (χ3n) is 6.79. The van der Waals surface area contributed by atoms with Crippen molar-refractivity contribution in [3.63, 3.8) is 0 Å². The molecule has 1 aromatic rings. The summed E-state index contributed by atoms with van der Waals surface area (Å²) in [6.07, 6.45) is 4.58. The summed E-state index contributed by atoms with van der Waals surface area (Å²) < 4.78 is 11.0. The summed E-state index contributed by atoms with van der Waals surface area (Å²) in [5, 5.41) is 7.08. The first-order valence-corrected chi connectivity index (χ1v) is 11.7. The average molecular weight is 432 g/mol. The van der Waals surface area contributed by atoms with Gasteiger partial charge in [0.15, 0.2) is 5.96 Å². The molecule has 2 heterocycles. The van der Waals surface area contributed by atoms with E-state index in [4.69, 9.17) is 14.5 Å². The topological polar surface area (TPSA) is 61.4 Å². The molecule has 3 rings (SSSR count). The lowest BCUT2D eigenvalue weighted by molar-refractivity contribution is -0.00255. The van der Waals surface area contributed by atoms with Gasteiger partial charge in [-0.05, 0) is 77.5 Å². The molecule has 1 aromatic carbocycles. The van der Waals surface area contributed by atoms with Crippen molar-refractivity contribution in [2.75, 3.05) is 67.1 Å².